The molecule has 8 heteroatoms. The van der Waals surface area contributed by atoms with E-state index in [0.717, 1.165) is 36.4 Å². The van der Waals surface area contributed by atoms with Crippen LogP contribution >= 0.6 is 11.3 Å². The Morgan fingerprint density at radius 2 is 1.96 bits per heavy atom. The third-order valence-electron chi connectivity index (χ3n) is 4.79. The Balaban J connectivity index is 1.90. The molecule has 4 rings (SSSR count). The van der Waals surface area contributed by atoms with Gasteiger partial charge in [0.1, 0.15) is 5.82 Å². The second-order valence-electron chi connectivity index (χ2n) is 6.37. The van der Waals surface area contributed by atoms with Crippen LogP contribution in [0.2, 0.25) is 0 Å². The molecule has 138 valence electrons. The summed E-state index contributed by atoms with van der Waals surface area (Å²) >= 11 is 1.47. The molecule has 1 aliphatic rings. The number of ether oxygens (including phenoxy) is 2. The molecule has 1 aliphatic heterocycles. The minimum absolute atomic E-state index is 0.128. The predicted molar refractivity (Wildman–Crippen MR) is 99.5 cm³/mol. The summed E-state index contributed by atoms with van der Waals surface area (Å²) < 4.78 is 12.7. The number of aryl methyl sites for hydroxylation is 1. The summed E-state index contributed by atoms with van der Waals surface area (Å²) in [5.41, 5.74) is 0.977. The third kappa shape index (κ3) is 2.69. The molecule has 0 radical (unpaired) electrons. The number of nitrogens with zero attached hydrogens (tertiary/aromatic N) is 4. The highest BCUT2D eigenvalue weighted by molar-refractivity contribution is 7.17. The molecule has 3 aromatic rings. The fraction of sp³-hybridized carbons (Fsp3) is 0.444. The highest BCUT2D eigenvalue weighted by atomic mass is 32.1. The average molecular weight is 374 g/mol. The van der Waals surface area contributed by atoms with Gasteiger partial charge in [-0.2, -0.15) is 4.52 Å². The standard InChI is InChI=1S/C18H22N4O3S/c1-11-19-18-22(20-11)17(23)16(26-18)14(21-9-4-5-10-21)12-7-6-8-13(24-2)15(12)25-3/h6-8,14,23H,4-5,9-10H2,1-3H3/t14-/m1/s1. The molecule has 7 nitrogen and oxygen atoms in total. The number of methoxy groups -OCH3 is 2. The third-order valence-corrected chi connectivity index (χ3v) is 5.86. The van der Waals surface area contributed by atoms with E-state index in [-0.39, 0.29) is 11.9 Å². The van der Waals surface area contributed by atoms with E-state index in [1.165, 1.54) is 15.9 Å². The Labute approximate surface area is 155 Å². The Bertz CT molecular complexity index is 930. The van der Waals surface area contributed by atoms with Crippen molar-refractivity contribution >= 4 is 16.3 Å². The van der Waals surface area contributed by atoms with Gasteiger partial charge < -0.3 is 14.6 Å². The second-order valence-corrected chi connectivity index (χ2v) is 7.38. The lowest BCUT2D eigenvalue weighted by atomic mass is 10.0. The maximum Gasteiger partial charge on any atom is 0.230 e. The molecule has 0 bridgehead atoms. The maximum atomic E-state index is 10.9. The molecule has 2 aromatic heterocycles. The summed E-state index contributed by atoms with van der Waals surface area (Å²) in [4.78, 5) is 8.30. The lowest BCUT2D eigenvalue weighted by molar-refractivity contribution is 0.267. The van der Waals surface area contributed by atoms with E-state index in [4.69, 9.17) is 9.47 Å². The molecule has 26 heavy (non-hydrogen) atoms. The zero-order chi connectivity index (χ0) is 18.3. The summed E-state index contributed by atoms with van der Waals surface area (Å²) in [6.45, 7) is 3.76. The van der Waals surface area contributed by atoms with E-state index in [0.29, 0.717) is 22.3 Å². The maximum absolute atomic E-state index is 10.9. The van der Waals surface area contributed by atoms with Gasteiger partial charge in [-0.05, 0) is 38.9 Å². The van der Waals surface area contributed by atoms with Crippen molar-refractivity contribution in [1.82, 2.24) is 19.5 Å². The van der Waals surface area contributed by atoms with Crippen LogP contribution < -0.4 is 9.47 Å². The highest BCUT2D eigenvalue weighted by Crippen LogP contribution is 2.46. The minimum atomic E-state index is -0.128. The van der Waals surface area contributed by atoms with Crippen LogP contribution in [0.4, 0.5) is 0 Å². The summed E-state index contributed by atoms with van der Waals surface area (Å²) in [5.74, 6) is 2.17. The monoisotopic (exact) mass is 374 g/mol. The van der Waals surface area contributed by atoms with Gasteiger partial charge in [0.25, 0.3) is 0 Å². The molecule has 0 aliphatic carbocycles. The lowest BCUT2D eigenvalue weighted by Gasteiger charge is -2.28. The Morgan fingerprint density at radius 1 is 1.19 bits per heavy atom. The van der Waals surface area contributed by atoms with Crippen LogP contribution in [-0.4, -0.2) is 51.9 Å². The van der Waals surface area contributed by atoms with Crippen molar-refractivity contribution in [3.05, 3.63) is 34.5 Å². The van der Waals surface area contributed by atoms with Crippen molar-refractivity contribution in [2.45, 2.75) is 25.8 Å². The molecule has 1 aromatic carbocycles. The zero-order valence-corrected chi connectivity index (χ0v) is 15.9. The summed E-state index contributed by atoms with van der Waals surface area (Å²) in [6, 6.07) is 5.74. The molecule has 0 saturated carbocycles. The lowest BCUT2D eigenvalue weighted by Crippen LogP contribution is -2.26. The van der Waals surface area contributed by atoms with Crippen LogP contribution in [-0.2, 0) is 0 Å². The van der Waals surface area contributed by atoms with Gasteiger partial charge in [-0.25, -0.2) is 4.98 Å². The van der Waals surface area contributed by atoms with E-state index in [2.05, 4.69) is 15.0 Å². The molecule has 0 amide bonds. The first-order valence-corrected chi connectivity index (χ1v) is 9.45. The number of fused-ring (bicyclic) bond motifs is 1. The molecule has 1 saturated heterocycles. The summed E-state index contributed by atoms with van der Waals surface area (Å²) in [6.07, 6.45) is 2.28. The van der Waals surface area contributed by atoms with E-state index >= 15 is 0 Å². The average Bonchev–Trinajstić information content (AvgIpc) is 3.35. The fourth-order valence-corrected chi connectivity index (χ4v) is 4.81. The van der Waals surface area contributed by atoms with Crippen LogP contribution in [0, 0.1) is 6.92 Å². The fourth-order valence-electron chi connectivity index (χ4n) is 3.66. The number of hydrogen-bond donors (Lipinski definition) is 1. The van der Waals surface area contributed by atoms with Crippen molar-refractivity contribution in [2.75, 3.05) is 27.3 Å². The molecule has 0 spiro atoms. The second kappa shape index (κ2) is 6.77. The first-order valence-electron chi connectivity index (χ1n) is 8.64. The number of benzene rings is 1. The van der Waals surface area contributed by atoms with Gasteiger partial charge >= 0.3 is 0 Å². The van der Waals surface area contributed by atoms with Crippen LogP contribution in [0.5, 0.6) is 17.4 Å². The van der Waals surface area contributed by atoms with Crippen molar-refractivity contribution in [2.24, 2.45) is 0 Å². The molecular formula is C18H22N4O3S. The van der Waals surface area contributed by atoms with E-state index in [1.807, 2.05) is 25.1 Å². The topological polar surface area (TPSA) is 72.1 Å². The number of rotatable bonds is 5. The Hall–Kier alpha value is -2.32. The summed E-state index contributed by atoms with van der Waals surface area (Å²) in [5, 5.41) is 15.2. The van der Waals surface area contributed by atoms with Gasteiger partial charge in [0.2, 0.25) is 10.8 Å². The molecule has 0 unspecified atom stereocenters. The summed E-state index contributed by atoms with van der Waals surface area (Å²) in [7, 11) is 3.28. The zero-order valence-electron chi connectivity index (χ0n) is 15.1. The predicted octanol–water partition coefficient (Wildman–Crippen LogP) is 3.01. The van der Waals surface area contributed by atoms with Gasteiger partial charge in [-0.3, -0.25) is 4.90 Å². The van der Waals surface area contributed by atoms with Gasteiger partial charge in [0.15, 0.2) is 11.5 Å². The first-order chi connectivity index (χ1) is 12.6. The van der Waals surface area contributed by atoms with Crippen LogP contribution in [0.3, 0.4) is 0 Å². The van der Waals surface area contributed by atoms with E-state index in [9.17, 15) is 5.11 Å². The van der Waals surface area contributed by atoms with Crippen LogP contribution in [0.15, 0.2) is 18.2 Å². The number of likely N-dealkylation sites (tertiary alicyclic amines) is 1. The van der Waals surface area contributed by atoms with Gasteiger partial charge in [-0.1, -0.05) is 23.5 Å². The molecule has 3 heterocycles. The number of aromatic nitrogens is 3. The SMILES string of the molecule is COc1cccc([C@H](c2sc3nc(C)nn3c2O)N2CCCC2)c1OC. The van der Waals surface area contributed by atoms with Crippen molar-refractivity contribution in [1.29, 1.82) is 0 Å². The van der Waals surface area contributed by atoms with Gasteiger partial charge in [-0.15, -0.1) is 5.10 Å². The normalized spacial score (nSPS) is 16.3. The van der Waals surface area contributed by atoms with E-state index < -0.39 is 0 Å². The van der Waals surface area contributed by atoms with Crippen molar-refractivity contribution in [3.63, 3.8) is 0 Å². The van der Waals surface area contributed by atoms with Gasteiger partial charge in [0, 0.05) is 5.56 Å². The number of thiazole rings is 1. The number of hydrogen-bond acceptors (Lipinski definition) is 7. The molecular weight excluding hydrogens is 352 g/mol. The largest absolute Gasteiger partial charge is 0.493 e. The Morgan fingerprint density at radius 3 is 2.62 bits per heavy atom. The number of para-hydroxylation sites is 1. The Kier molecular flexibility index (Phi) is 4.46. The smallest absolute Gasteiger partial charge is 0.230 e. The van der Waals surface area contributed by atoms with Crippen molar-refractivity contribution < 1.29 is 14.6 Å². The van der Waals surface area contributed by atoms with Crippen LogP contribution in [0.1, 0.15) is 35.1 Å². The molecule has 1 atom stereocenters. The van der Waals surface area contributed by atoms with Crippen LogP contribution in [0.25, 0.3) is 4.96 Å². The molecule has 1 fully saturated rings. The highest BCUT2D eigenvalue weighted by Gasteiger charge is 2.33. The van der Waals surface area contributed by atoms with Gasteiger partial charge in [0.05, 0.1) is 25.1 Å². The quantitative estimate of drug-likeness (QED) is 0.740. The van der Waals surface area contributed by atoms with Crippen molar-refractivity contribution in [3.8, 4) is 17.4 Å². The molecule has 1 N–H and O–H groups in total. The van der Waals surface area contributed by atoms with E-state index in [1.54, 1.807) is 14.2 Å². The first kappa shape index (κ1) is 17.1. The number of aromatic hydroxyl groups is 1. The minimum Gasteiger partial charge on any atom is -0.493 e.